The lowest BCUT2D eigenvalue weighted by atomic mass is 10.0. The number of likely N-dealkylation sites (N-methyl/N-ethyl adjacent to an activating group) is 1. The molecule has 5 nitrogen and oxygen atoms in total. The van der Waals surface area contributed by atoms with Crippen molar-refractivity contribution in [3.05, 3.63) is 12.7 Å². The van der Waals surface area contributed by atoms with E-state index in [1.807, 2.05) is 18.7 Å². The van der Waals surface area contributed by atoms with Gasteiger partial charge in [-0.1, -0.05) is 6.08 Å². The molecule has 0 aromatic rings. The first-order valence-corrected chi connectivity index (χ1v) is 5.65. The van der Waals surface area contributed by atoms with E-state index < -0.39 is 17.4 Å². The van der Waals surface area contributed by atoms with Crippen LogP contribution in [0.2, 0.25) is 0 Å². The molecule has 0 aromatic heterocycles. The third kappa shape index (κ3) is 2.66. The van der Waals surface area contributed by atoms with Crippen molar-refractivity contribution in [1.29, 1.82) is 0 Å². The summed E-state index contributed by atoms with van der Waals surface area (Å²) in [5, 5.41) is 9.13. The normalized spacial score (nSPS) is 25.5. The van der Waals surface area contributed by atoms with E-state index >= 15 is 0 Å². The van der Waals surface area contributed by atoms with Crippen LogP contribution in [0.5, 0.6) is 0 Å². The van der Waals surface area contributed by atoms with E-state index in [1.165, 1.54) is 4.90 Å². The van der Waals surface area contributed by atoms with E-state index in [1.54, 1.807) is 13.1 Å². The molecule has 0 saturated carbocycles. The summed E-state index contributed by atoms with van der Waals surface area (Å²) in [7, 11) is 1.65. The molecule has 1 rings (SSSR count). The van der Waals surface area contributed by atoms with Crippen LogP contribution in [-0.2, 0) is 9.59 Å². The predicted octanol–water partition coefficient (Wildman–Crippen LogP) is 0.426. The lowest BCUT2D eigenvalue weighted by molar-refractivity contribution is -0.142. The number of nitrogens with zero attached hydrogens (tertiary/aromatic N) is 2. The second kappa shape index (κ2) is 4.87. The van der Waals surface area contributed by atoms with Gasteiger partial charge in [0, 0.05) is 26.7 Å². The molecule has 0 radical (unpaired) electrons. The van der Waals surface area contributed by atoms with Gasteiger partial charge in [0.2, 0.25) is 5.91 Å². The molecule has 17 heavy (non-hydrogen) atoms. The third-order valence-corrected chi connectivity index (χ3v) is 3.29. The molecule has 1 aliphatic heterocycles. The van der Waals surface area contributed by atoms with Gasteiger partial charge in [-0.25, -0.2) is 0 Å². The van der Waals surface area contributed by atoms with E-state index in [0.717, 1.165) is 0 Å². The Morgan fingerprint density at radius 2 is 2.18 bits per heavy atom. The second-order valence-electron chi connectivity index (χ2n) is 4.97. The quantitative estimate of drug-likeness (QED) is 0.727. The Morgan fingerprint density at radius 3 is 2.65 bits per heavy atom. The number of rotatable bonds is 3. The van der Waals surface area contributed by atoms with Crippen LogP contribution in [0.3, 0.4) is 0 Å². The molecule has 0 aliphatic carbocycles. The molecule has 0 aromatic carbocycles. The van der Waals surface area contributed by atoms with Crippen molar-refractivity contribution in [3.8, 4) is 0 Å². The van der Waals surface area contributed by atoms with Gasteiger partial charge in [-0.05, 0) is 13.8 Å². The lowest BCUT2D eigenvalue weighted by Crippen LogP contribution is -2.53. The highest BCUT2D eigenvalue weighted by Gasteiger charge is 2.42. The van der Waals surface area contributed by atoms with Crippen LogP contribution in [0, 0.1) is 5.92 Å². The second-order valence-corrected chi connectivity index (χ2v) is 4.97. The van der Waals surface area contributed by atoms with Crippen LogP contribution in [-0.4, -0.2) is 59.0 Å². The molecular weight excluding hydrogens is 220 g/mol. The summed E-state index contributed by atoms with van der Waals surface area (Å²) in [6.07, 6.45) is 1.69. The standard InChI is InChI=1S/C12H20N2O3/c1-5-6-14-8-9(10(15)16)7-13(4)11(17)12(14,2)3/h5,9H,1,6-8H2,2-4H3,(H,15,16). The first kappa shape index (κ1) is 13.7. The third-order valence-electron chi connectivity index (χ3n) is 3.29. The van der Waals surface area contributed by atoms with Crippen LogP contribution in [0.1, 0.15) is 13.8 Å². The van der Waals surface area contributed by atoms with Gasteiger partial charge in [0.15, 0.2) is 0 Å². The Balaban J connectivity index is 3.04. The molecule has 96 valence electrons. The maximum atomic E-state index is 12.2. The van der Waals surface area contributed by atoms with Gasteiger partial charge >= 0.3 is 5.97 Å². The summed E-state index contributed by atoms with van der Waals surface area (Å²) < 4.78 is 0. The fourth-order valence-corrected chi connectivity index (χ4v) is 2.18. The summed E-state index contributed by atoms with van der Waals surface area (Å²) >= 11 is 0. The Bertz CT molecular complexity index is 339. The van der Waals surface area contributed by atoms with Crippen LogP contribution in [0.4, 0.5) is 0 Å². The van der Waals surface area contributed by atoms with Gasteiger partial charge in [0.05, 0.1) is 11.5 Å². The molecule has 1 atom stereocenters. The number of carboxylic acid groups (broad SMARTS) is 1. The fourth-order valence-electron chi connectivity index (χ4n) is 2.18. The number of carbonyl (C=O) groups is 2. The minimum atomic E-state index is -0.864. The number of carbonyl (C=O) groups excluding carboxylic acids is 1. The lowest BCUT2D eigenvalue weighted by Gasteiger charge is -2.35. The summed E-state index contributed by atoms with van der Waals surface area (Å²) in [6.45, 7) is 8.42. The number of carboxylic acids is 1. The number of hydrogen-bond acceptors (Lipinski definition) is 3. The Morgan fingerprint density at radius 1 is 1.59 bits per heavy atom. The summed E-state index contributed by atoms with van der Waals surface area (Å²) in [4.78, 5) is 26.7. The molecule has 1 amide bonds. The van der Waals surface area contributed by atoms with Gasteiger partial charge in [-0.3, -0.25) is 14.5 Å². The van der Waals surface area contributed by atoms with Crippen molar-refractivity contribution < 1.29 is 14.7 Å². The van der Waals surface area contributed by atoms with Crippen LogP contribution >= 0.6 is 0 Å². The van der Waals surface area contributed by atoms with E-state index in [0.29, 0.717) is 13.1 Å². The van der Waals surface area contributed by atoms with Crippen molar-refractivity contribution in [2.24, 2.45) is 5.92 Å². The Hall–Kier alpha value is -1.36. The largest absolute Gasteiger partial charge is 0.481 e. The van der Waals surface area contributed by atoms with Crippen molar-refractivity contribution in [1.82, 2.24) is 9.80 Å². The maximum absolute atomic E-state index is 12.2. The average Bonchev–Trinajstić information content (AvgIpc) is 2.31. The number of hydrogen-bond donors (Lipinski definition) is 1. The summed E-state index contributed by atoms with van der Waals surface area (Å²) in [6, 6.07) is 0. The van der Waals surface area contributed by atoms with Crippen molar-refractivity contribution in [3.63, 3.8) is 0 Å². The number of aliphatic carboxylic acids is 1. The first-order chi connectivity index (χ1) is 7.80. The van der Waals surface area contributed by atoms with E-state index in [4.69, 9.17) is 5.11 Å². The Kier molecular flexibility index (Phi) is 3.93. The smallest absolute Gasteiger partial charge is 0.309 e. The molecule has 1 heterocycles. The molecule has 1 saturated heterocycles. The van der Waals surface area contributed by atoms with Crippen molar-refractivity contribution in [2.75, 3.05) is 26.7 Å². The minimum Gasteiger partial charge on any atom is -0.481 e. The monoisotopic (exact) mass is 240 g/mol. The molecule has 1 N–H and O–H groups in total. The van der Waals surface area contributed by atoms with Gasteiger partial charge in [0.25, 0.3) is 0 Å². The molecular formula is C12H20N2O3. The molecule has 1 fully saturated rings. The highest BCUT2D eigenvalue weighted by Crippen LogP contribution is 2.23. The fraction of sp³-hybridized carbons (Fsp3) is 0.667. The van der Waals surface area contributed by atoms with E-state index in [9.17, 15) is 9.59 Å². The van der Waals surface area contributed by atoms with Crippen LogP contribution < -0.4 is 0 Å². The zero-order valence-corrected chi connectivity index (χ0v) is 10.6. The SMILES string of the molecule is C=CCN1CC(C(=O)O)CN(C)C(=O)C1(C)C. The van der Waals surface area contributed by atoms with E-state index in [-0.39, 0.29) is 12.5 Å². The topological polar surface area (TPSA) is 60.9 Å². The zero-order chi connectivity index (χ0) is 13.2. The zero-order valence-electron chi connectivity index (χ0n) is 10.6. The van der Waals surface area contributed by atoms with E-state index in [2.05, 4.69) is 6.58 Å². The van der Waals surface area contributed by atoms with Gasteiger partial charge in [-0.2, -0.15) is 0 Å². The van der Waals surface area contributed by atoms with Crippen molar-refractivity contribution >= 4 is 11.9 Å². The molecule has 5 heteroatoms. The van der Waals surface area contributed by atoms with Crippen LogP contribution in [0.15, 0.2) is 12.7 Å². The Labute approximate surface area is 102 Å². The van der Waals surface area contributed by atoms with Gasteiger partial charge < -0.3 is 10.0 Å². The molecule has 1 unspecified atom stereocenters. The highest BCUT2D eigenvalue weighted by molar-refractivity contribution is 5.86. The van der Waals surface area contributed by atoms with Crippen LogP contribution in [0.25, 0.3) is 0 Å². The summed E-state index contributed by atoms with van der Waals surface area (Å²) in [5.41, 5.74) is -0.687. The maximum Gasteiger partial charge on any atom is 0.309 e. The minimum absolute atomic E-state index is 0.0527. The average molecular weight is 240 g/mol. The van der Waals surface area contributed by atoms with Crippen molar-refractivity contribution in [2.45, 2.75) is 19.4 Å². The van der Waals surface area contributed by atoms with Gasteiger partial charge in [0.1, 0.15) is 0 Å². The number of amides is 1. The molecule has 1 aliphatic rings. The highest BCUT2D eigenvalue weighted by atomic mass is 16.4. The van der Waals surface area contributed by atoms with Gasteiger partial charge in [-0.15, -0.1) is 6.58 Å². The predicted molar refractivity (Wildman–Crippen MR) is 64.6 cm³/mol. The molecule has 0 spiro atoms. The summed E-state index contributed by atoms with van der Waals surface area (Å²) in [5.74, 6) is -1.47. The first-order valence-electron chi connectivity index (χ1n) is 5.65. The molecule has 0 bridgehead atoms.